The molecule has 0 saturated carbocycles. The first-order valence-electron chi connectivity index (χ1n) is 3.76. The Morgan fingerprint density at radius 1 is 1.55 bits per heavy atom. The van der Waals surface area contributed by atoms with Crippen molar-refractivity contribution in [2.45, 2.75) is 26.2 Å². The van der Waals surface area contributed by atoms with Gasteiger partial charge in [-0.05, 0) is 23.9 Å². The van der Waals surface area contributed by atoms with Crippen LogP contribution in [-0.2, 0) is 5.41 Å². The average Bonchev–Trinajstić information content (AvgIpc) is 2.36. The SMILES string of the molecule is C=CC(C)(C)c1ccsc1C. The van der Waals surface area contributed by atoms with E-state index in [0.29, 0.717) is 0 Å². The number of rotatable bonds is 2. The molecule has 1 aromatic heterocycles. The van der Waals surface area contributed by atoms with Crippen molar-refractivity contribution < 1.29 is 0 Å². The van der Waals surface area contributed by atoms with E-state index in [2.05, 4.69) is 38.8 Å². The molecule has 1 heterocycles. The Hall–Kier alpha value is -0.560. The van der Waals surface area contributed by atoms with Crippen LogP contribution >= 0.6 is 11.3 Å². The first-order valence-corrected chi connectivity index (χ1v) is 4.64. The summed E-state index contributed by atoms with van der Waals surface area (Å²) in [6, 6.07) is 2.18. The van der Waals surface area contributed by atoms with Crippen LogP contribution in [0.2, 0.25) is 0 Å². The van der Waals surface area contributed by atoms with Crippen LogP contribution in [0.4, 0.5) is 0 Å². The van der Waals surface area contributed by atoms with E-state index in [1.54, 1.807) is 11.3 Å². The number of allylic oxidation sites excluding steroid dienone is 1. The van der Waals surface area contributed by atoms with Gasteiger partial charge in [0.15, 0.2) is 0 Å². The van der Waals surface area contributed by atoms with E-state index in [0.717, 1.165) is 0 Å². The van der Waals surface area contributed by atoms with Crippen LogP contribution in [-0.4, -0.2) is 0 Å². The van der Waals surface area contributed by atoms with E-state index < -0.39 is 0 Å². The molecule has 0 fully saturated rings. The van der Waals surface area contributed by atoms with Crippen LogP contribution in [0.15, 0.2) is 24.1 Å². The lowest BCUT2D eigenvalue weighted by Gasteiger charge is -2.19. The van der Waals surface area contributed by atoms with Crippen molar-refractivity contribution in [3.8, 4) is 0 Å². The largest absolute Gasteiger partial charge is 0.149 e. The Bertz CT molecular complexity index is 256. The summed E-state index contributed by atoms with van der Waals surface area (Å²) < 4.78 is 0. The Balaban J connectivity index is 3.10. The van der Waals surface area contributed by atoms with Gasteiger partial charge in [-0.25, -0.2) is 0 Å². The number of hydrogen-bond donors (Lipinski definition) is 0. The zero-order chi connectivity index (χ0) is 8.48. The summed E-state index contributed by atoms with van der Waals surface area (Å²) in [4.78, 5) is 1.40. The van der Waals surface area contributed by atoms with Gasteiger partial charge in [0.2, 0.25) is 0 Å². The maximum absolute atomic E-state index is 3.83. The molecule has 0 aromatic carbocycles. The highest BCUT2D eigenvalue weighted by Crippen LogP contribution is 2.29. The van der Waals surface area contributed by atoms with Crippen LogP contribution in [0.5, 0.6) is 0 Å². The van der Waals surface area contributed by atoms with Gasteiger partial charge in [-0.1, -0.05) is 19.9 Å². The maximum atomic E-state index is 3.83. The fraction of sp³-hybridized carbons (Fsp3) is 0.400. The molecular weight excluding hydrogens is 152 g/mol. The second kappa shape index (κ2) is 2.82. The van der Waals surface area contributed by atoms with Crippen LogP contribution in [0.25, 0.3) is 0 Å². The van der Waals surface area contributed by atoms with Gasteiger partial charge < -0.3 is 0 Å². The van der Waals surface area contributed by atoms with Gasteiger partial charge in [0.05, 0.1) is 0 Å². The maximum Gasteiger partial charge on any atom is 0.00835 e. The highest BCUT2D eigenvalue weighted by atomic mass is 32.1. The van der Waals surface area contributed by atoms with Gasteiger partial charge in [0.1, 0.15) is 0 Å². The van der Waals surface area contributed by atoms with Crippen molar-refractivity contribution in [2.24, 2.45) is 0 Å². The third kappa shape index (κ3) is 1.54. The van der Waals surface area contributed by atoms with E-state index in [-0.39, 0.29) is 5.41 Å². The lowest BCUT2D eigenvalue weighted by atomic mass is 9.85. The Kier molecular flexibility index (Phi) is 2.19. The zero-order valence-electron chi connectivity index (χ0n) is 7.35. The van der Waals surface area contributed by atoms with Crippen molar-refractivity contribution in [3.05, 3.63) is 34.5 Å². The normalized spacial score (nSPS) is 11.5. The molecule has 0 nitrogen and oxygen atoms in total. The monoisotopic (exact) mass is 166 g/mol. The molecule has 0 atom stereocenters. The van der Waals surface area contributed by atoms with Crippen LogP contribution < -0.4 is 0 Å². The van der Waals surface area contributed by atoms with Crippen LogP contribution in [0.1, 0.15) is 24.3 Å². The zero-order valence-corrected chi connectivity index (χ0v) is 8.16. The molecule has 0 aliphatic rings. The smallest absolute Gasteiger partial charge is 0.00835 e. The first kappa shape index (κ1) is 8.54. The highest BCUT2D eigenvalue weighted by Gasteiger charge is 2.18. The highest BCUT2D eigenvalue weighted by molar-refractivity contribution is 7.10. The molecule has 11 heavy (non-hydrogen) atoms. The molecule has 0 unspecified atom stereocenters. The second-order valence-corrected chi connectivity index (χ2v) is 4.44. The summed E-state index contributed by atoms with van der Waals surface area (Å²) in [5.41, 5.74) is 1.53. The van der Waals surface area contributed by atoms with Crippen molar-refractivity contribution in [1.82, 2.24) is 0 Å². The lowest BCUT2D eigenvalue weighted by molar-refractivity contribution is 0.671. The molecule has 1 heteroatoms. The number of aryl methyl sites for hydroxylation is 1. The van der Waals surface area contributed by atoms with Gasteiger partial charge in [-0.15, -0.1) is 17.9 Å². The minimum atomic E-state index is 0.129. The average molecular weight is 166 g/mol. The van der Waals surface area contributed by atoms with E-state index in [1.165, 1.54) is 10.4 Å². The standard InChI is InChI=1S/C10H14S/c1-5-10(3,4)9-6-7-11-8(9)2/h5-7H,1H2,2-4H3. The third-order valence-electron chi connectivity index (χ3n) is 2.06. The quantitative estimate of drug-likeness (QED) is 0.590. The van der Waals surface area contributed by atoms with Crippen molar-refractivity contribution in [1.29, 1.82) is 0 Å². The topological polar surface area (TPSA) is 0 Å². The number of hydrogen-bond acceptors (Lipinski definition) is 1. The predicted octanol–water partition coefficient (Wildman–Crippen LogP) is 3.52. The van der Waals surface area contributed by atoms with E-state index in [9.17, 15) is 0 Å². The van der Waals surface area contributed by atoms with Crippen LogP contribution in [0.3, 0.4) is 0 Å². The molecule has 0 aliphatic carbocycles. The van der Waals surface area contributed by atoms with Crippen LogP contribution in [0, 0.1) is 6.92 Å². The summed E-state index contributed by atoms with van der Waals surface area (Å²) in [6.45, 7) is 10.4. The first-order chi connectivity index (χ1) is 5.08. The molecule has 0 saturated heterocycles. The summed E-state index contributed by atoms with van der Waals surface area (Å²) in [5, 5.41) is 2.13. The Labute approximate surface area is 72.6 Å². The molecular formula is C10H14S. The fourth-order valence-corrected chi connectivity index (χ4v) is 2.03. The molecule has 0 amide bonds. The Morgan fingerprint density at radius 2 is 2.18 bits per heavy atom. The molecule has 1 rings (SSSR count). The van der Waals surface area contributed by atoms with Gasteiger partial charge in [0, 0.05) is 10.3 Å². The summed E-state index contributed by atoms with van der Waals surface area (Å²) in [6.07, 6.45) is 2.00. The van der Waals surface area contributed by atoms with E-state index in [1.807, 2.05) is 6.08 Å². The minimum absolute atomic E-state index is 0.129. The molecule has 0 bridgehead atoms. The van der Waals surface area contributed by atoms with E-state index in [4.69, 9.17) is 0 Å². The predicted molar refractivity (Wildman–Crippen MR) is 52.3 cm³/mol. The third-order valence-corrected chi connectivity index (χ3v) is 2.91. The van der Waals surface area contributed by atoms with Gasteiger partial charge >= 0.3 is 0 Å². The minimum Gasteiger partial charge on any atom is -0.149 e. The van der Waals surface area contributed by atoms with Gasteiger partial charge in [-0.2, -0.15) is 0 Å². The van der Waals surface area contributed by atoms with Gasteiger partial charge in [0.25, 0.3) is 0 Å². The molecule has 0 aliphatic heterocycles. The van der Waals surface area contributed by atoms with E-state index >= 15 is 0 Å². The summed E-state index contributed by atoms with van der Waals surface area (Å²) in [5.74, 6) is 0. The number of thiophene rings is 1. The lowest BCUT2D eigenvalue weighted by Crippen LogP contribution is -2.12. The van der Waals surface area contributed by atoms with Crippen molar-refractivity contribution in [3.63, 3.8) is 0 Å². The fourth-order valence-electron chi connectivity index (χ4n) is 1.16. The van der Waals surface area contributed by atoms with Crippen molar-refractivity contribution >= 4 is 11.3 Å². The molecule has 0 spiro atoms. The summed E-state index contributed by atoms with van der Waals surface area (Å²) in [7, 11) is 0. The molecule has 0 radical (unpaired) electrons. The van der Waals surface area contributed by atoms with Crippen molar-refractivity contribution in [2.75, 3.05) is 0 Å². The molecule has 0 N–H and O–H groups in total. The molecule has 1 aromatic rings. The van der Waals surface area contributed by atoms with Gasteiger partial charge in [-0.3, -0.25) is 0 Å². The second-order valence-electron chi connectivity index (χ2n) is 3.32. The summed E-state index contributed by atoms with van der Waals surface area (Å²) >= 11 is 1.80. The Morgan fingerprint density at radius 3 is 2.55 bits per heavy atom. The molecule has 60 valence electrons.